The summed E-state index contributed by atoms with van der Waals surface area (Å²) in [5.41, 5.74) is 4.20. The number of carbonyl (C=O) groups excluding carboxylic acids is 1. The Balaban J connectivity index is 1.83. The Morgan fingerprint density at radius 1 is 1.02 bits per heavy atom. The molecule has 1 amide bonds. The topological polar surface area (TPSA) is 88.1 Å². The largest absolute Gasteiger partial charge is 0.496 e. The van der Waals surface area contributed by atoms with Crippen molar-refractivity contribution >= 4 is 12.1 Å². The number of aliphatic carboxylic acids is 1. The maximum atomic E-state index is 13.6. The molecule has 2 aliphatic rings. The quantitative estimate of drug-likeness (QED) is 0.361. The van der Waals surface area contributed by atoms with Crippen molar-refractivity contribution < 1.29 is 24.2 Å². The minimum Gasteiger partial charge on any atom is -0.496 e. The van der Waals surface area contributed by atoms with Gasteiger partial charge >= 0.3 is 12.1 Å². The van der Waals surface area contributed by atoms with Gasteiger partial charge in [0.25, 0.3) is 0 Å². The highest BCUT2D eigenvalue weighted by atomic mass is 16.6. The molecule has 1 saturated heterocycles. The molecule has 42 heavy (non-hydrogen) atoms. The fraction of sp³-hybridized carbons (Fsp3) is 0.600. The number of carboxylic acid groups (broad SMARTS) is 1. The Labute approximate surface area is 252 Å². The van der Waals surface area contributed by atoms with Crippen LogP contribution < -0.4 is 10.1 Å². The summed E-state index contributed by atoms with van der Waals surface area (Å²) in [5.74, 6) is -0.616. The van der Waals surface area contributed by atoms with Gasteiger partial charge in [0.2, 0.25) is 0 Å². The van der Waals surface area contributed by atoms with Gasteiger partial charge < -0.3 is 19.9 Å². The summed E-state index contributed by atoms with van der Waals surface area (Å²) in [7, 11) is 1.70. The summed E-state index contributed by atoms with van der Waals surface area (Å²) >= 11 is 0. The number of benzene rings is 2. The van der Waals surface area contributed by atoms with Crippen molar-refractivity contribution in [3.63, 3.8) is 0 Å². The van der Waals surface area contributed by atoms with Crippen molar-refractivity contribution in [2.75, 3.05) is 7.11 Å². The first kappa shape index (κ1) is 31.9. The van der Waals surface area contributed by atoms with Crippen molar-refractivity contribution in [3.8, 4) is 5.75 Å². The summed E-state index contributed by atoms with van der Waals surface area (Å²) in [6.07, 6.45) is 1.22. The average Bonchev–Trinajstić information content (AvgIpc) is 3.26. The van der Waals surface area contributed by atoms with Crippen LogP contribution in [0.3, 0.4) is 0 Å². The van der Waals surface area contributed by atoms with E-state index < -0.39 is 35.5 Å². The van der Waals surface area contributed by atoms with Crippen molar-refractivity contribution in [3.05, 3.63) is 64.7 Å². The van der Waals surface area contributed by atoms with Crippen molar-refractivity contribution in [1.82, 2.24) is 10.2 Å². The minimum absolute atomic E-state index is 0.0333. The van der Waals surface area contributed by atoms with Gasteiger partial charge in [-0.2, -0.15) is 0 Å². The summed E-state index contributed by atoms with van der Waals surface area (Å²) in [5, 5.41) is 14.4. The molecule has 7 nitrogen and oxygen atoms in total. The second-order valence-electron chi connectivity index (χ2n) is 14.8. The standard InChI is InChI=1S/C35H50N2O5/c1-21(2)42-32(40)37-29(22-14-12-11-13-15-22)28(27(33(3,4)5)30(37)31(38)39)36-20-23-18-24-25(19-26(23)41-10)35(8,9)17-16-34(24,6)7/h11-15,18-19,21,27-30,36H,16-17,20H2,1-10H3,(H,38,39)/t27-,28-,29-,30-/m0/s1. The number of likely N-dealkylation sites (tertiary alicyclic amines) is 1. The minimum atomic E-state index is -1.07. The number of carboxylic acids is 1. The van der Waals surface area contributed by atoms with Crippen LogP contribution in [0.2, 0.25) is 0 Å². The molecule has 4 rings (SSSR count). The molecule has 1 aliphatic carbocycles. The van der Waals surface area contributed by atoms with Gasteiger partial charge in [-0.05, 0) is 71.8 Å². The second-order valence-corrected chi connectivity index (χ2v) is 14.8. The van der Waals surface area contributed by atoms with Crippen LogP contribution in [0.15, 0.2) is 42.5 Å². The van der Waals surface area contributed by atoms with Gasteiger partial charge in [-0.15, -0.1) is 0 Å². The van der Waals surface area contributed by atoms with Crippen LogP contribution in [0, 0.1) is 11.3 Å². The smallest absolute Gasteiger partial charge is 0.411 e. The number of fused-ring (bicyclic) bond motifs is 1. The van der Waals surface area contributed by atoms with Gasteiger partial charge in [-0.25, -0.2) is 9.59 Å². The van der Waals surface area contributed by atoms with Crippen LogP contribution >= 0.6 is 0 Å². The summed E-state index contributed by atoms with van der Waals surface area (Å²) in [4.78, 5) is 28.0. The highest BCUT2D eigenvalue weighted by molar-refractivity contribution is 5.82. The van der Waals surface area contributed by atoms with Gasteiger partial charge in [0.1, 0.15) is 11.8 Å². The van der Waals surface area contributed by atoms with Gasteiger partial charge in [-0.3, -0.25) is 4.90 Å². The number of nitrogens with zero attached hydrogens (tertiary/aromatic N) is 1. The molecular formula is C35H50N2O5. The van der Waals surface area contributed by atoms with Crippen LogP contribution in [0.5, 0.6) is 5.75 Å². The lowest BCUT2D eigenvalue weighted by atomic mass is 9.63. The van der Waals surface area contributed by atoms with Crippen LogP contribution in [0.1, 0.15) is 103 Å². The molecule has 0 bridgehead atoms. The van der Waals surface area contributed by atoms with E-state index >= 15 is 0 Å². The molecule has 230 valence electrons. The third-order valence-corrected chi connectivity index (χ3v) is 9.39. The number of carbonyl (C=O) groups is 2. The molecule has 4 atom stereocenters. The van der Waals surface area contributed by atoms with E-state index in [-0.39, 0.29) is 23.0 Å². The van der Waals surface area contributed by atoms with E-state index in [0.29, 0.717) is 6.54 Å². The van der Waals surface area contributed by atoms with Gasteiger partial charge in [0, 0.05) is 24.1 Å². The summed E-state index contributed by atoms with van der Waals surface area (Å²) < 4.78 is 11.6. The van der Waals surface area contributed by atoms with Crippen LogP contribution in [0.25, 0.3) is 0 Å². The SMILES string of the molecule is COc1cc2c(cc1CN[C@H]1[C@H](C(C)(C)C)[C@@H](C(=O)O)N(C(=O)OC(C)C)[C@H]1c1ccccc1)C(C)(C)CCC2(C)C. The first-order valence-electron chi connectivity index (χ1n) is 15.2. The van der Waals surface area contributed by atoms with Crippen molar-refractivity contribution in [2.24, 2.45) is 11.3 Å². The van der Waals surface area contributed by atoms with E-state index in [4.69, 9.17) is 9.47 Å². The molecule has 0 unspecified atom stereocenters. The lowest BCUT2D eigenvalue weighted by molar-refractivity contribution is -0.144. The van der Waals surface area contributed by atoms with E-state index in [1.165, 1.54) is 16.0 Å². The maximum Gasteiger partial charge on any atom is 0.411 e. The number of ether oxygens (including phenoxy) is 2. The normalized spacial score (nSPS) is 24.8. The highest BCUT2D eigenvalue weighted by Gasteiger charge is 2.58. The third kappa shape index (κ3) is 6.03. The van der Waals surface area contributed by atoms with Crippen LogP contribution in [-0.4, -0.2) is 47.4 Å². The molecule has 7 heteroatoms. The molecule has 1 heterocycles. The number of hydrogen-bond donors (Lipinski definition) is 2. The first-order valence-corrected chi connectivity index (χ1v) is 15.2. The molecule has 0 radical (unpaired) electrons. The zero-order valence-corrected chi connectivity index (χ0v) is 27.1. The monoisotopic (exact) mass is 578 g/mol. The van der Waals surface area contributed by atoms with E-state index in [0.717, 1.165) is 29.7 Å². The predicted octanol–water partition coefficient (Wildman–Crippen LogP) is 7.22. The van der Waals surface area contributed by atoms with E-state index in [1.807, 2.05) is 51.1 Å². The second kappa shape index (κ2) is 11.6. The Morgan fingerprint density at radius 3 is 2.10 bits per heavy atom. The van der Waals surface area contributed by atoms with E-state index in [1.54, 1.807) is 21.0 Å². The Hall–Kier alpha value is -3.06. The fourth-order valence-corrected chi connectivity index (χ4v) is 7.14. The van der Waals surface area contributed by atoms with Gasteiger partial charge in [-0.1, -0.05) is 78.8 Å². The van der Waals surface area contributed by atoms with Gasteiger partial charge in [0.05, 0.1) is 19.3 Å². The van der Waals surface area contributed by atoms with Crippen LogP contribution in [0.4, 0.5) is 4.79 Å². The van der Waals surface area contributed by atoms with Crippen LogP contribution in [-0.2, 0) is 26.9 Å². The van der Waals surface area contributed by atoms with Crippen molar-refractivity contribution in [2.45, 2.75) is 117 Å². The molecular weight excluding hydrogens is 528 g/mol. The average molecular weight is 579 g/mol. The van der Waals surface area contributed by atoms with Crippen molar-refractivity contribution in [1.29, 1.82) is 0 Å². The zero-order chi connectivity index (χ0) is 31.2. The Kier molecular flexibility index (Phi) is 8.77. The lowest BCUT2D eigenvalue weighted by Gasteiger charge is -2.42. The molecule has 1 aliphatic heterocycles. The Morgan fingerprint density at radius 2 is 1.60 bits per heavy atom. The third-order valence-electron chi connectivity index (χ3n) is 9.39. The molecule has 1 fully saturated rings. The zero-order valence-electron chi connectivity index (χ0n) is 27.1. The lowest BCUT2D eigenvalue weighted by Crippen LogP contribution is -2.48. The Bertz CT molecular complexity index is 1290. The number of hydrogen-bond acceptors (Lipinski definition) is 5. The predicted molar refractivity (Wildman–Crippen MR) is 166 cm³/mol. The summed E-state index contributed by atoms with van der Waals surface area (Å²) in [6.45, 7) is 19.4. The highest BCUT2D eigenvalue weighted by Crippen LogP contribution is 2.50. The summed E-state index contributed by atoms with van der Waals surface area (Å²) in [6, 6.07) is 12.2. The molecule has 2 aromatic rings. The molecule has 0 spiro atoms. The molecule has 0 aromatic heterocycles. The molecule has 2 N–H and O–H groups in total. The number of amides is 1. The number of nitrogens with one attached hydrogen (secondary N) is 1. The number of rotatable bonds is 7. The molecule has 2 aromatic carbocycles. The first-order chi connectivity index (χ1) is 19.5. The fourth-order valence-electron chi connectivity index (χ4n) is 7.14. The number of methoxy groups -OCH3 is 1. The maximum absolute atomic E-state index is 13.6. The van der Waals surface area contributed by atoms with Gasteiger partial charge in [0.15, 0.2) is 0 Å². The molecule has 0 saturated carbocycles. The van der Waals surface area contributed by atoms with E-state index in [2.05, 4.69) is 45.1 Å². The van der Waals surface area contributed by atoms with E-state index in [9.17, 15) is 14.7 Å².